The van der Waals surface area contributed by atoms with E-state index in [1.807, 2.05) is 0 Å². The van der Waals surface area contributed by atoms with Crippen LogP contribution in [-0.4, -0.2) is 31.6 Å². The Kier molecular flexibility index (Phi) is 5.35. The van der Waals surface area contributed by atoms with Gasteiger partial charge in [-0.3, -0.25) is 0 Å². The van der Waals surface area contributed by atoms with Crippen molar-refractivity contribution in [3.05, 3.63) is 24.3 Å². The number of hydrogen-bond acceptors (Lipinski definition) is 4. The van der Waals surface area contributed by atoms with Crippen LogP contribution < -0.4 is 4.72 Å². The number of rotatable bonds is 6. The lowest BCUT2D eigenvalue weighted by atomic mass is 10.3. The molecular formula is C11H13NO3S2. The van der Waals surface area contributed by atoms with Crippen molar-refractivity contribution in [2.24, 2.45) is 0 Å². The fourth-order valence-corrected chi connectivity index (χ4v) is 2.82. The van der Waals surface area contributed by atoms with E-state index >= 15 is 0 Å². The van der Waals surface area contributed by atoms with Crippen LogP contribution >= 0.6 is 11.8 Å². The summed E-state index contributed by atoms with van der Waals surface area (Å²) in [6.45, 7) is 0.310. The molecule has 0 fully saturated rings. The van der Waals surface area contributed by atoms with Crippen molar-refractivity contribution in [1.82, 2.24) is 4.72 Å². The van der Waals surface area contributed by atoms with Gasteiger partial charge in [-0.15, -0.1) is 18.2 Å². The maximum absolute atomic E-state index is 11.7. The third-order valence-electron chi connectivity index (χ3n) is 1.85. The molecule has 0 saturated heterocycles. The smallest absolute Gasteiger partial charge is 0.240 e. The number of thioether (sulfide) groups is 1. The quantitative estimate of drug-likeness (QED) is 0.599. The molecule has 0 saturated carbocycles. The van der Waals surface area contributed by atoms with Gasteiger partial charge in [-0.05, 0) is 18.2 Å². The van der Waals surface area contributed by atoms with Crippen molar-refractivity contribution in [3.8, 4) is 18.1 Å². The van der Waals surface area contributed by atoms with Gasteiger partial charge in [0.25, 0.3) is 0 Å². The first kappa shape index (κ1) is 13.9. The van der Waals surface area contributed by atoms with E-state index in [1.54, 1.807) is 0 Å². The average Bonchev–Trinajstić information content (AvgIpc) is 2.29. The van der Waals surface area contributed by atoms with Gasteiger partial charge in [0, 0.05) is 12.3 Å². The molecule has 92 valence electrons. The molecule has 0 spiro atoms. The molecule has 0 aromatic heterocycles. The Morgan fingerprint density at radius 2 is 2.24 bits per heavy atom. The van der Waals surface area contributed by atoms with E-state index in [1.165, 1.54) is 36.0 Å². The van der Waals surface area contributed by atoms with Crippen LogP contribution in [0.1, 0.15) is 0 Å². The lowest BCUT2D eigenvalue weighted by Gasteiger charge is -2.06. The highest BCUT2D eigenvalue weighted by Gasteiger charge is 2.13. The van der Waals surface area contributed by atoms with Gasteiger partial charge in [0.1, 0.15) is 5.75 Å². The molecule has 0 atom stereocenters. The molecule has 1 aromatic carbocycles. The molecule has 0 heterocycles. The lowest BCUT2D eigenvalue weighted by molar-refractivity contribution is 0.473. The Labute approximate surface area is 105 Å². The molecule has 0 amide bonds. The van der Waals surface area contributed by atoms with Crippen molar-refractivity contribution in [2.75, 3.05) is 18.1 Å². The van der Waals surface area contributed by atoms with Crippen LogP contribution in [0.25, 0.3) is 0 Å². The van der Waals surface area contributed by atoms with Gasteiger partial charge in [-0.2, -0.15) is 0 Å². The van der Waals surface area contributed by atoms with Crippen LogP contribution in [0.15, 0.2) is 29.2 Å². The normalized spacial score (nSPS) is 11.0. The largest absolute Gasteiger partial charge is 0.508 e. The Morgan fingerprint density at radius 1 is 1.47 bits per heavy atom. The number of terminal acetylenes is 1. The summed E-state index contributed by atoms with van der Waals surface area (Å²) in [7, 11) is -3.54. The summed E-state index contributed by atoms with van der Waals surface area (Å²) < 4.78 is 25.9. The minimum atomic E-state index is -3.54. The van der Waals surface area contributed by atoms with Crippen LogP contribution in [0.5, 0.6) is 5.75 Å². The number of nitrogens with one attached hydrogen (secondary N) is 1. The number of phenolic OH excluding ortho intramolecular Hbond substituents is 1. The number of sulfonamides is 1. The van der Waals surface area contributed by atoms with E-state index in [0.29, 0.717) is 18.1 Å². The summed E-state index contributed by atoms with van der Waals surface area (Å²) in [5.74, 6) is 3.56. The van der Waals surface area contributed by atoms with E-state index < -0.39 is 10.0 Å². The van der Waals surface area contributed by atoms with E-state index in [4.69, 9.17) is 6.42 Å². The monoisotopic (exact) mass is 271 g/mol. The van der Waals surface area contributed by atoms with Crippen LogP contribution in [0.4, 0.5) is 0 Å². The van der Waals surface area contributed by atoms with Crippen LogP contribution in [0.2, 0.25) is 0 Å². The molecule has 0 bridgehead atoms. The topological polar surface area (TPSA) is 66.4 Å². The van der Waals surface area contributed by atoms with Crippen molar-refractivity contribution in [3.63, 3.8) is 0 Å². The average molecular weight is 271 g/mol. The number of phenols is 1. The Hall–Kier alpha value is -1.16. The van der Waals surface area contributed by atoms with Gasteiger partial charge in [0.15, 0.2) is 0 Å². The van der Waals surface area contributed by atoms with Crippen LogP contribution in [0, 0.1) is 12.3 Å². The van der Waals surface area contributed by atoms with Crippen LogP contribution in [-0.2, 0) is 10.0 Å². The molecule has 0 unspecified atom stereocenters. The maximum atomic E-state index is 11.7. The molecule has 4 nitrogen and oxygen atoms in total. The molecule has 1 rings (SSSR count). The zero-order chi connectivity index (χ0) is 12.7. The van der Waals surface area contributed by atoms with Crippen molar-refractivity contribution >= 4 is 21.8 Å². The van der Waals surface area contributed by atoms with Crippen LogP contribution in [0.3, 0.4) is 0 Å². The summed E-state index contributed by atoms with van der Waals surface area (Å²) >= 11 is 1.48. The molecule has 0 radical (unpaired) electrons. The van der Waals surface area contributed by atoms with Gasteiger partial charge in [-0.25, -0.2) is 13.1 Å². The summed E-state index contributed by atoms with van der Waals surface area (Å²) in [5, 5.41) is 9.20. The fraction of sp³-hybridized carbons (Fsp3) is 0.273. The fourth-order valence-electron chi connectivity index (χ4n) is 1.11. The summed E-state index contributed by atoms with van der Waals surface area (Å²) in [5.41, 5.74) is 0. The first-order chi connectivity index (χ1) is 8.06. The Balaban J connectivity index is 2.55. The van der Waals surface area contributed by atoms with Gasteiger partial charge >= 0.3 is 0 Å². The standard InChI is InChI=1S/C11H13NO3S2/c1-2-7-16-8-6-12-17(14,15)11-5-3-4-10(13)9-11/h1,3-5,9,12-13H,6-8H2. The molecule has 17 heavy (non-hydrogen) atoms. The highest BCUT2D eigenvalue weighted by Crippen LogP contribution is 2.15. The molecule has 0 aliphatic rings. The second kappa shape index (κ2) is 6.55. The SMILES string of the molecule is C#CCSCCNS(=O)(=O)c1cccc(O)c1. The second-order valence-corrected chi connectivity index (χ2v) is 6.02. The molecule has 0 aliphatic carbocycles. The van der Waals surface area contributed by atoms with E-state index in [-0.39, 0.29) is 10.6 Å². The van der Waals surface area contributed by atoms with Gasteiger partial charge in [-0.1, -0.05) is 12.0 Å². The highest BCUT2D eigenvalue weighted by atomic mass is 32.2. The molecule has 0 aliphatic heterocycles. The van der Waals surface area contributed by atoms with Crippen molar-refractivity contribution in [2.45, 2.75) is 4.90 Å². The van der Waals surface area contributed by atoms with E-state index in [0.717, 1.165) is 0 Å². The van der Waals surface area contributed by atoms with E-state index in [9.17, 15) is 13.5 Å². The van der Waals surface area contributed by atoms with Crippen molar-refractivity contribution < 1.29 is 13.5 Å². The Morgan fingerprint density at radius 3 is 2.88 bits per heavy atom. The number of hydrogen-bond donors (Lipinski definition) is 2. The molecular weight excluding hydrogens is 258 g/mol. The molecule has 2 N–H and O–H groups in total. The first-order valence-electron chi connectivity index (χ1n) is 4.86. The van der Waals surface area contributed by atoms with Gasteiger partial charge in [0.2, 0.25) is 10.0 Å². The summed E-state index contributed by atoms with van der Waals surface area (Å²) in [6.07, 6.45) is 5.07. The van der Waals surface area contributed by atoms with Gasteiger partial charge in [0.05, 0.1) is 10.6 Å². The summed E-state index contributed by atoms with van der Waals surface area (Å²) in [6, 6.07) is 5.53. The summed E-state index contributed by atoms with van der Waals surface area (Å²) in [4.78, 5) is 0.0550. The van der Waals surface area contributed by atoms with Crippen molar-refractivity contribution in [1.29, 1.82) is 0 Å². The third kappa shape index (κ3) is 4.69. The minimum absolute atomic E-state index is 0.0550. The van der Waals surface area contributed by atoms with Gasteiger partial charge < -0.3 is 5.11 Å². The Bertz CT molecular complexity index is 506. The van der Waals surface area contributed by atoms with E-state index in [2.05, 4.69) is 10.6 Å². The minimum Gasteiger partial charge on any atom is -0.508 e. The number of benzene rings is 1. The predicted octanol–water partition coefficient (Wildman–Crippen LogP) is 1.04. The molecule has 1 aromatic rings. The zero-order valence-electron chi connectivity index (χ0n) is 9.09. The first-order valence-corrected chi connectivity index (χ1v) is 7.50. The number of aromatic hydroxyl groups is 1. The maximum Gasteiger partial charge on any atom is 0.240 e. The lowest BCUT2D eigenvalue weighted by Crippen LogP contribution is -2.26. The predicted molar refractivity (Wildman–Crippen MR) is 69.5 cm³/mol. The zero-order valence-corrected chi connectivity index (χ0v) is 10.7. The second-order valence-electron chi connectivity index (χ2n) is 3.15. The third-order valence-corrected chi connectivity index (χ3v) is 4.17. The molecule has 6 heteroatoms. The highest BCUT2D eigenvalue weighted by molar-refractivity contribution is 7.99.